The Balaban J connectivity index is 2.43. The van der Waals surface area contributed by atoms with Crippen molar-refractivity contribution in [1.82, 2.24) is 0 Å². The molecule has 16 heavy (non-hydrogen) atoms. The summed E-state index contributed by atoms with van der Waals surface area (Å²) in [5.74, 6) is -0.620. The smallest absolute Gasteiger partial charge is 0.160 e. The van der Waals surface area contributed by atoms with E-state index in [4.69, 9.17) is 33.0 Å². The lowest BCUT2D eigenvalue weighted by molar-refractivity contribution is 0.0992. The Morgan fingerprint density at radius 2 is 1.88 bits per heavy atom. The first-order chi connectivity index (χ1) is 7.65. The average molecular weight is 268 g/mol. The maximum Gasteiger partial charge on any atom is 0.160 e. The number of ether oxygens (including phenoxy) is 1. The van der Waals surface area contributed by atoms with E-state index in [-0.39, 0.29) is 16.7 Å². The highest BCUT2D eigenvalue weighted by Crippen LogP contribution is 2.27. The molecule has 0 spiro atoms. The summed E-state index contributed by atoms with van der Waals surface area (Å²) in [6, 6.07) is 2.91. The average Bonchev–Trinajstić information content (AvgIpc) is 2.25. The molecule has 0 bridgehead atoms. The highest BCUT2D eigenvalue weighted by molar-refractivity contribution is 6.35. The van der Waals surface area contributed by atoms with Gasteiger partial charge in [0.1, 0.15) is 0 Å². The number of rotatable bonds is 6. The van der Waals surface area contributed by atoms with Crippen LogP contribution in [0.5, 0.6) is 0 Å². The van der Waals surface area contributed by atoms with Gasteiger partial charge in [0.25, 0.3) is 0 Å². The van der Waals surface area contributed by atoms with Gasteiger partial charge in [-0.25, -0.2) is 4.39 Å². The number of hydrogen-bond donors (Lipinski definition) is 2. The van der Waals surface area contributed by atoms with E-state index in [0.717, 1.165) is 0 Å². The summed E-state index contributed by atoms with van der Waals surface area (Å²) < 4.78 is 18.1. The quantitative estimate of drug-likeness (QED) is 0.615. The number of halogens is 3. The molecule has 1 aromatic rings. The van der Waals surface area contributed by atoms with Crippen LogP contribution in [0.25, 0.3) is 0 Å². The minimum atomic E-state index is -0.620. The van der Waals surface area contributed by atoms with E-state index in [1.807, 2.05) is 0 Å². The Bertz CT molecular complexity index is 327. The van der Waals surface area contributed by atoms with Crippen molar-refractivity contribution >= 4 is 28.9 Å². The molecular formula is C10H12Cl2FNO2. The second kappa shape index (κ2) is 6.91. The maximum absolute atomic E-state index is 13.1. The van der Waals surface area contributed by atoms with Crippen LogP contribution >= 0.6 is 23.2 Å². The number of anilines is 1. The lowest BCUT2D eigenvalue weighted by atomic mass is 10.3. The number of aliphatic hydroxyl groups is 1. The molecule has 6 heteroatoms. The summed E-state index contributed by atoms with van der Waals surface area (Å²) in [6.45, 7) is 1.26. The molecule has 0 heterocycles. The molecule has 0 unspecified atom stereocenters. The molecule has 0 atom stereocenters. The largest absolute Gasteiger partial charge is 0.394 e. The molecule has 0 aliphatic carbocycles. The number of nitrogens with one attached hydrogen (secondary N) is 1. The van der Waals surface area contributed by atoms with Crippen LogP contribution in [0.3, 0.4) is 0 Å². The molecule has 0 aromatic heterocycles. The van der Waals surface area contributed by atoms with E-state index in [1.54, 1.807) is 0 Å². The molecule has 0 fully saturated rings. The molecule has 0 saturated heterocycles. The minimum absolute atomic E-state index is 0.00575. The summed E-state index contributed by atoms with van der Waals surface area (Å²) in [5.41, 5.74) is 0.629. The van der Waals surface area contributed by atoms with Crippen LogP contribution in [0.15, 0.2) is 12.1 Å². The second-order valence-electron chi connectivity index (χ2n) is 3.02. The Hall–Kier alpha value is -0.550. The van der Waals surface area contributed by atoms with Gasteiger partial charge in [-0.05, 0) is 12.1 Å². The van der Waals surface area contributed by atoms with Gasteiger partial charge in [0.2, 0.25) is 0 Å². The molecule has 1 rings (SSSR count). The number of hydrogen-bond acceptors (Lipinski definition) is 3. The van der Waals surface area contributed by atoms with Gasteiger partial charge in [0.15, 0.2) is 5.82 Å². The Morgan fingerprint density at radius 3 is 2.44 bits per heavy atom. The monoisotopic (exact) mass is 267 g/mol. The molecule has 0 amide bonds. The van der Waals surface area contributed by atoms with E-state index in [2.05, 4.69) is 5.32 Å². The molecule has 0 saturated carbocycles. The third-order valence-electron chi connectivity index (χ3n) is 1.79. The standard InChI is InChI=1S/C10H12Cl2FNO2/c11-8-5-7(6-9(12)10(8)13)14-1-3-16-4-2-15/h5-6,14-15H,1-4H2. The molecule has 90 valence electrons. The van der Waals surface area contributed by atoms with Crippen LogP contribution < -0.4 is 5.32 Å². The fourth-order valence-corrected chi connectivity index (χ4v) is 1.58. The zero-order chi connectivity index (χ0) is 12.0. The summed E-state index contributed by atoms with van der Waals surface area (Å²) in [4.78, 5) is 0. The number of benzene rings is 1. The van der Waals surface area contributed by atoms with E-state index in [1.165, 1.54) is 12.1 Å². The molecular weight excluding hydrogens is 256 g/mol. The van der Waals surface area contributed by atoms with E-state index in [9.17, 15) is 4.39 Å². The van der Waals surface area contributed by atoms with E-state index in [0.29, 0.717) is 25.4 Å². The highest BCUT2D eigenvalue weighted by Gasteiger charge is 2.06. The normalized spacial score (nSPS) is 10.5. The zero-order valence-corrected chi connectivity index (χ0v) is 9.98. The lowest BCUT2D eigenvalue weighted by Crippen LogP contribution is -2.11. The third-order valence-corrected chi connectivity index (χ3v) is 2.35. The second-order valence-corrected chi connectivity index (χ2v) is 3.83. The highest BCUT2D eigenvalue weighted by atomic mass is 35.5. The van der Waals surface area contributed by atoms with E-state index < -0.39 is 5.82 Å². The molecule has 0 aliphatic heterocycles. The van der Waals surface area contributed by atoms with Crippen LogP contribution in [0, 0.1) is 5.82 Å². The van der Waals surface area contributed by atoms with Crippen molar-refractivity contribution < 1.29 is 14.2 Å². The molecule has 0 aliphatic rings. The predicted molar refractivity (Wildman–Crippen MR) is 62.8 cm³/mol. The van der Waals surface area contributed by atoms with Gasteiger partial charge in [0, 0.05) is 12.2 Å². The van der Waals surface area contributed by atoms with Crippen molar-refractivity contribution in [2.45, 2.75) is 0 Å². The lowest BCUT2D eigenvalue weighted by Gasteiger charge is -2.08. The first-order valence-electron chi connectivity index (χ1n) is 4.72. The fraction of sp³-hybridized carbons (Fsp3) is 0.400. The predicted octanol–water partition coefficient (Wildman–Crippen LogP) is 2.55. The van der Waals surface area contributed by atoms with Gasteiger partial charge in [-0.3, -0.25) is 0 Å². The van der Waals surface area contributed by atoms with Crippen LogP contribution in [-0.4, -0.2) is 31.5 Å². The Labute approximate surface area is 103 Å². The molecule has 0 radical (unpaired) electrons. The molecule has 3 nitrogen and oxygen atoms in total. The van der Waals surface area contributed by atoms with Crippen molar-refractivity contribution in [2.24, 2.45) is 0 Å². The molecule has 1 aromatic carbocycles. The first-order valence-corrected chi connectivity index (χ1v) is 5.47. The zero-order valence-electron chi connectivity index (χ0n) is 8.47. The van der Waals surface area contributed by atoms with Crippen LogP contribution in [0.1, 0.15) is 0 Å². The Kier molecular flexibility index (Phi) is 5.84. The van der Waals surface area contributed by atoms with Gasteiger partial charge >= 0.3 is 0 Å². The van der Waals surface area contributed by atoms with Crippen LogP contribution in [0.4, 0.5) is 10.1 Å². The minimum Gasteiger partial charge on any atom is -0.394 e. The van der Waals surface area contributed by atoms with Crippen molar-refractivity contribution in [3.63, 3.8) is 0 Å². The van der Waals surface area contributed by atoms with E-state index >= 15 is 0 Å². The maximum atomic E-state index is 13.1. The van der Waals surface area contributed by atoms with Crippen LogP contribution in [0.2, 0.25) is 10.0 Å². The van der Waals surface area contributed by atoms with Gasteiger partial charge in [-0.2, -0.15) is 0 Å². The third kappa shape index (κ3) is 4.14. The van der Waals surface area contributed by atoms with Gasteiger partial charge in [-0.1, -0.05) is 23.2 Å². The van der Waals surface area contributed by atoms with Gasteiger partial charge < -0.3 is 15.2 Å². The Morgan fingerprint density at radius 1 is 1.25 bits per heavy atom. The number of aliphatic hydroxyl groups excluding tert-OH is 1. The van der Waals surface area contributed by atoms with Gasteiger partial charge in [0.05, 0.1) is 29.9 Å². The summed E-state index contributed by atoms with van der Waals surface area (Å²) >= 11 is 11.2. The fourth-order valence-electron chi connectivity index (χ4n) is 1.09. The first kappa shape index (κ1) is 13.5. The SMILES string of the molecule is OCCOCCNc1cc(Cl)c(F)c(Cl)c1. The van der Waals surface area contributed by atoms with Crippen molar-refractivity contribution in [3.05, 3.63) is 28.0 Å². The van der Waals surface area contributed by atoms with Crippen LogP contribution in [-0.2, 0) is 4.74 Å². The summed E-state index contributed by atoms with van der Waals surface area (Å²) in [7, 11) is 0. The van der Waals surface area contributed by atoms with Crippen molar-refractivity contribution in [1.29, 1.82) is 0 Å². The topological polar surface area (TPSA) is 41.5 Å². The summed E-state index contributed by atoms with van der Waals surface area (Å²) in [6.07, 6.45) is 0. The van der Waals surface area contributed by atoms with Crippen molar-refractivity contribution in [2.75, 3.05) is 31.7 Å². The molecule has 2 N–H and O–H groups in total. The summed E-state index contributed by atoms with van der Waals surface area (Å²) in [5, 5.41) is 11.4. The van der Waals surface area contributed by atoms with Gasteiger partial charge in [-0.15, -0.1) is 0 Å². The van der Waals surface area contributed by atoms with Crippen molar-refractivity contribution in [3.8, 4) is 0 Å².